The predicted octanol–water partition coefficient (Wildman–Crippen LogP) is 0.751. The van der Waals surface area contributed by atoms with E-state index in [1.807, 2.05) is 11.9 Å². The minimum atomic E-state index is -0.398. The highest BCUT2D eigenvalue weighted by molar-refractivity contribution is 5.86. The normalized spacial score (nSPS) is 16.9. The van der Waals surface area contributed by atoms with Crippen molar-refractivity contribution in [1.29, 1.82) is 0 Å². The van der Waals surface area contributed by atoms with E-state index >= 15 is 0 Å². The number of hydrogen-bond donors (Lipinski definition) is 1. The molecule has 7 nitrogen and oxygen atoms in total. The molecule has 2 amide bonds. The van der Waals surface area contributed by atoms with Crippen molar-refractivity contribution in [2.75, 3.05) is 40.3 Å². The molecule has 134 valence electrons. The molecule has 1 unspecified atom stereocenters. The molecule has 0 bridgehead atoms. The van der Waals surface area contributed by atoms with Gasteiger partial charge in [0.2, 0.25) is 11.8 Å². The first-order valence-corrected chi connectivity index (χ1v) is 8.69. The minimum Gasteiger partial charge on any atom is -0.341 e. The predicted molar refractivity (Wildman–Crippen MR) is 92.4 cm³/mol. The van der Waals surface area contributed by atoms with Crippen LogP contribution in [0.15, 0.2) is 18.5 Å². The zero-order valence-electron chi connectivity index (χ0n) is 14.9. The van der Waals surface area contributed by atoms with Crippen molar-refractivity contribution in [2.45, 2.75) is 32.2 Å². The summed E-state index contributed by atoms with van der Waals surface area (Å²) in [5.41, 5.74) is 0. The summed E-state index contributed by atoms with van der Waals surface area (Å²) in [7, 11) is 3.65. The van der Waals surface area contributed by atoms with E-state index in [1.54, 1.807) is 37.1 Å². The Bertz CT molecular complexity index is 523. The van der Waals surface area contributed by atoms with Gasteiger partial charge in [0.25, 0.3) is 0 Å². The second kappa shape index (κ2) is 8.82. The van der Waals surface area contributed by atoms with Gasteiger partial charge in [-0.25, -0.2) is 0 Å². The Labute approximate surface area is 144 Å². The van der Waals surface area contributed by atoms with Crippen LogP contribution in [0, 0.1) is 5.92 Å². The van der Waals surface area contributed by atoms with Crippen molar-refractivity contribution in [2.24, 2.45) is 5.92 Å². The second-order valence-electron chi connectivity index (χ2n) is 6.57. The lowest BCUT2D eigenvalue weighted by Gasteiger charge is -2.33. The standard InChI is InChI=1S/C17H29N5O2/c1-14(22-10-4-8-19-22)17(24)20(3)13-16(23)21-11-6-15(7-12-21)5-9-18-2/h4,8,10,14-15,18H,5-7,9,11-13H2,1-3H3. The molecule has 1 N–H and O–H groups in total. The summed E-state index contributed by atoms with van der Waals surface area (Å²) in [6.45, 7) is 4.55. The maximum absolute atomic E-state index is 12.4. The van der Waals surface area contributed by atoms with Crippen LogP contribution in [0.25, 0.3) is 0 Å². The molecule has 0 saturated carbocycles. The summed E-state index contributed by atoms with van der Waals surface area (Å²) < 4.78 is 1.61. The quantitative estimate of drug-likeness (QED) is 0.798. The van der Waals surface area contributed by atoms with E-state index in [0.29, 0.717) is 5.92 Å². The van der Waals surface area contributed by atoms with Crippen molar-refractivity contribution in [1.82, 2.24) is 24.9 Å². The Morgan fingerprint density at radius 3 is 2.67 bits per heavy atom. The monoisotopic (exact) mass is 335 g/mol. The van der Waals surface area contributed by atoms with Crippen molar-refractivity contribution in [3.05, 3.63) is 18.5 Å². The first-order valence-electron chi connectivity index (χ1n) is 8.69. The fourth-order valence-electron chi connectivity index (χ4n) is 3.14. The van der Waals surface area contributed by atoms with E-state index in [1.165, 1.54) is 4.90 Å². The number of rotatable bonds is 7. The van der Waals surface area contributed by atoms with Gasteiger partial charge < -0.3 is 15.1 Å². The molecule has 0 aliphatic carbocycles. The van der Waals surface area contributed by atoms with Crippen molar-refractivity contribution < 1.29 is 9.59 Å². The summed E-state index contributed by atoms with van der Waals surface area (Å²) in [5, 5.41) is 7.27. The fourth-order valence-corrected chi connectivity index (χ4v) is 3.14. The molecular weight excluding hydrogens is 306 g/mol. The number of likely N-dealkylation sites (tertiary alicyclic amines) is 1. The average molecular weight is 335 g/mol. The third kappa shape index (κ3) is 4.80. The molecule has 1 aromatic heterocycles. The van der Waals surface area contributed by atoms with E-state index in [2.05, 4.69) is 10.4 Å². The number of piperidine rings is 1. The number of carbonyl (C=O) groups is 2. The molecule has 2 heterocycles. The lowest BCUT2D eigenvalue weighted by molar-refractivity contribution is -0.141. The molecule has 2 rings (SSSR count). The molecule has 1 aromatic rings. The highest BCUT2D eigenvalue weighted by atomic mass is 16.2. The van der Waals surface area contributed by atoms with Gasteiger partial charge in [-0.3, -0.25) is 14.3 Å². The Kier molecular flexibility index (Phi) is 6.78. The lowest BCUT2D eigenvalue weighted by atomic mass is 9.93. The van der Waals surface area contributed by atoms with Gasteiger partial charge in [0, 0.05) is 32.5 Å². The van der Waals surface area contributed by atoms with Crippen LogP contribution in [0.5, 0.6) is 0 Å². The Balaban J connectivity index is 1.78. The molecule has 1 saturated heterocycles. The molecule has 1 aliphatic heterocycles. The minimum absolute atomic E-state index is 0.0329. The first-order chi connectivity index (χ1) is 11.5. The van der Waals surface area contributed by atoms with Crippen LogP contribution in [0.2, 0.25) is 0 Å². The average Bonchev–Trinajstić information content (AvgIpc) is 3.13. The summed E-state index contributed by atoms with van der Waals surface area (Å²) >= 11 is 0. The third-order valence-corrected chi connectivity index (χ3v) is 4.80. The molecule has 0 spiro atoms. The molecule has 24 heavy (non-hydrogen) atoms. The van der Waals surface area contributed by atoms with E-state index in [4.69, 9.17) is 0 Å². The maximum atomic E-state index is 12.4. The Morgan fingerprint density at radius 2 is 2.08 bits per heavy atom. The summed E-state index contributed by atoms with van der Waals surface area (Å²) in [6.07, 6.45) is 6.67. The molecule has 1 atom stereocenters. The lowest BCUT2D eigenvalue weighted by Crippen LogP contribution is -2.46. The van der Waals surface area contributed by atoms with Crippen LogP contribution < -0.4 is 5.32 Å². The topological polar surface area (TPSA) is 70.5 Å². The largest absolute Gasteiger partial charge is 0.341 e. The second-order valence-corrected chi connectivity index (χ2v) is 6.57. The number of likely N-dealkylation sites (N-methyl/N-ethyl adjacent to an activating group) is 1. The summed E-state index contributed by atoms with van der Waals surface area (Å²) in [4.78, 5) is 28.2. The summed E-state index contributed by atoms with van der Waals surface area (Å²) in [5.74, 6) is 0.627. The van der Waals surface area contributed by atoms with Gasteiger partial charge in [-0.15, -0.1) is 0 Å². The van der Waals surface area contributed by atoms with Crippen molar-refractivity contribution >= 4 is 11.8 Å². The Hall–Kier alpha value is -1.89. The molecule has 7 heteroatoms. The SMILES string of the molecule is CNCCC1CCN(C(=O)CN(C)C(=O)C(C)n2cccn2)CC1. The molecule has 1 aliphatic rings. The number of amides is 2. The van der Waals surface area contributed by atoms with E-state index < -0.39 is 6.04 Å². The van der Waals surface area contributed by atoms with Gasteiger partial charge in [-0.2, -0.15) is 5.10 Å². The molecular formula is C17H29N5O2. The van der Waals surface area contributed by atoms with Crippen LogP contribution in [0.3, 0.4) is 0 Å². The number of nitrogens with zero attached hydrogens (tertiary/aromatic N) is 4. The number of hydrogen-bond acceptors (Lipinski definition) is 4. The maximum Gasteiger partial charge on any atom is 0.247 e. The zero-order valence-corrected chi connectivity index (χ0v) is 14.9. The van der Waals surface area contributed by atoms with E-state index in [9.17, 15) is 9.59 Å². The van der Waals surface area contributed by atoms with Crippen LogP contribution in [0.4, 0.5) is 0 Å². The number of nitrogens with one attached hydrogen (secondary N) is 1. The highest BCUT2D eigenvalue weighted by Gasteiger charge is 2.26. The summed E-state index contributed by atoms with van der Waals surface area (Å²) in [6, 6.07) is 1.39. The van der Waals surface area contributed by atoms with Gasteiger partial charge in [0.1, 0.15) is 6.04 Å². The zero-order chi connectivity index (χ0) is 17.5. The van der Waals surface area contributed by atoms with Crippen LogP contribution in [-0.4, -0.2) is 71.7 Å². The smallest absolute Gasteiger partial charge is 0.247 e. The third-order valence-electron chi connectivity index (χ3n) is 4.80. The van der Waals surface area contributed by atoms with Gasteiger partial charge >= 0.3 is 0 Å². The molecule has 1 fully saturated rings. The van der Waals surface area contributed by atoms with Gasteiger partial charge in [-0.1, -0.05) is 0 Å². The van der Waals surface area contributed by atoms with E-state index in [-0.39, 0.29) is 18.4 Å². The van der Waals surface area contributed by atoms with Gasteiger partial charge in [0.05, 0.1) is 6.54 Å². The Morgan fingerprint density at radius 1 is 1.38 bits per heavy atom. The number of carbonyl (C=O) groups excluding carboxylic acids is 2. The number of aromatic nitrogens is 2. The fraction of sp³-hybridized carbons (Fsp3) is 0.706. The van der Waals surface area contributed by atoms with Crippen LogP contribution in [-0.2, 0) is 9.59 Å². The van der Waals surface area contributed by atoms with Crippen LogP contribution in [0.1, 0.15) is 32.2 Å². The molecule has 0 radical (unpaired) electrons. The van der Waals surface area contributed by atoms with Gasteiger partial charge in [-0.05, 0) is 51.8 Å². The highest BCUT2D eigenvalue weighted by Crippen LogP contribution is 2.20. The van der Waals surface area contributed by atoms with E-state index in [0.717, 1.165) is 38.9 Å². The van der Waals surface area contributed by atoms with Crippen molar-refractivity contribution in [3.63, 3.8) is 0 Å². The molecule has 0 aromatic carbocycles. The van der Waals surface area contributed by atoms with Crippen molar-refractivity contribution in [3.8, 4) is 0 Å². The van der Waals surface area contributed by atoms with Crippen LogP contribution >= 0.6 is 0 Å². The van der Waals surface area contributed by atoms with Gasteiger partial charge in [0.15, 0.2) is 0 Å². The first kappa shape index (κ1) is 18.4.